The lowest BCUT2D eigenvalue weighted by Crippen LogP contribution is -2.51. The van der Waals surface area contributed by atoms with Crippen LogP contribution in [0.1, 0.15) is 16.7 Å². The Hall–Kier alpha value is -3.76. The molecular weight excluding hydrogens is 417 g/mol. The van der Waals surface area contributed by atoms with Crippen LogP contribution in [0.4, 0.5) is 10.2 Å². The molecule has 2 aromatic carbocycles. The molecule has 1 amide bonds. The van der Waals surface area contributed by atoms with Crippen LogP contribution < -0.4 is 4.90 Å². The summed E-state index contributed by atoms with van der Waals surface area (Å²) in [7, 11) is 0. The molecule has 1 aliphatic heterocycles. The molecule has 1 aromatic heterocycles. The zero-order valence-electron chi connectivity index (χ0n) is 18.4. The van der Waals surface area contributed by atoms with Gasteiger partial charge in [0.15, 0.2) is 0 Å². The normalized spacial score (nSPS) is 13.7. The van der Waals surface area contributed by atoms with Crippen LogP contribution in [0.3, 0.4) is 0 Å². The fraction of sp³-hybridized carbons (Fsp3) is 0.269. The average Bonchev–Trinajstić information content (AvgIpc) is 2.85. The van der Waals surface area contributed by atoms with Crippen LogP contribution in [0.5, 0.6) is 0 Å². The van der Waals surface area contributed by atoms with Crippen molar-refractivity contribution in [2.75, 3.05) is 37.6 Å². The Morgan fingerprint density at radius 3 is 2.39 bits per heavy atom. The van der Waals surface area contributed by atoms with Gasteiger partial charge in [0.2, 0.25) is 5.91 Å². The number of benzene rings is 2. The van der Waals surface area contributed by atoms with E-state index in [-0.39, 0.29) is 18.3 Å². The minimum absolute atomic E-state index is 0.0562. The third-order valence-corrected chi connectivity index (χ3v) is 5.75. The van der Waals surface area contributed by atoms with Gasteiger partial charge in [-0.2, -0.15) is 5.26 Å². The Balaban J connectivity index is 1.41. The second-order valence-electron chi connectivity index (χ2n) is 8.14. The van der Waals surface area contributed by atoms with Gasteiger partial charge < -0.3 is 9.80 Å². The highest BCUT2D eigenvalue weighted by molar-refractivity contribution is 5.78. The number of halogens is 1. The van der Waals surface area contributed by atoms with Gasteiger partial charge in [-0.1, -0.05) is 30.3 Å². The standard InChI is InChI=1S/C26H26FN5O/c27-24-5-3-4-23(16-24)19-30(18-22-9-7-21(17-28)8-10-22)20-26(33)32-14-12-31(13-15-32)25-6-1-2-11-29-25/h1-11,16H,12-15,18-20H2. The molecule has 33 heavy (non-hydrogen) atoms. The summed E-state index contributed by atoms with van der Waals surface area (Å²) in [6.07, 6.45) is 1.78. The van der Waals surface area contributed by atoms with Gasteiger partial charge in [0, 0.05) is 45.5 Å². The van der Waals surface area contributed by atoms with Gasteiger partial charge in [-0.05, 0) is 47.5 Å². The topological polar surface area (TPSA) is 63.5 Å². The van der Waals surface area contributed by atoms with Gasteiger partial charge in [-0.25, -0.2) is 9.37 Å². The van der Waals surface area contributed by atoms with E-state index in [0.29, 0.717) is 31.7 Å². The number of piperazine rings is 1. The van der Waals surface area contributed by atoms with E-state index in [1.807, 2.05) is 46.2 Å². The van der Waals surface area contributed by atoms with Crippen molar-refractivity contribution in [3.63, 3.8) is 0 Å². The molecule has 2 heterocycles. The molecular formula is C26H26FN5O. The fourth-order valence-electron chi connectivity index (χ4n) is 4.02. The molecule has 0 spiro atoms. The van der Waals surface area contributed by atoms with Gasteiger partial charge in [-0.3, -0.25) is 9.69 Å². The zero-order valence-corrected chi connectivity index (χ0v) is 18.4. The van der Waals surface area contributed by atoms with E-state index in [4.69, 9.17) is 5.26 Å². The summed E-state index contributed by atoms with van der Waals surface area (Å²) in [5.74, 6) is 0.696. The summed E-state index contributed by atoms with van der Waals surface area (Å²) in [6.45, 7) is 3.98. The van der Waals surface area contributed by atoms with Crippen LogP contribution in [-0.2, 0) is 17.9 Å². The first-order valence-corrected chi connectivity index (χ1v) is 11.0. The summed E-state index contributed by atoms with van der Waals surface area (Å²) >= 11 is 0. The van der Waals surface area contributed by atoms with E-state index < -0.39 is 0 Å². The summed E-state index contributed by atoms with van der Waals surface area (Å²) in [6, 6.07) is 21.8. The number of nitrogens with zero attached hydrogens (tertiary/aromatic N) is 5. The van der Waals surface area contributed by atoms with Crippen molar-refractivity contribution in [2.24, 2.45) is 0 Å². The number of anilines is 1. The Morgan fingerprint density at radius 2 is 1.73 bits per heavy atom. The van der Waals surface area contributed by atoms with Gasteiger partial charge >= 0.3 is 0 Å². The zero-order chi connectivity index (χ0) is 23.0. The van der Waals surface area contributed by atoms with E-state index in [1.54, 1.807) is 24.4 Å². The van der Waals surface area contributed by atoms with Crippen molar-refractivity contribution in [3.8, 4) is 6.07 Å². The molecule has 0 atom stereocenters. The van der Waals surface area contributed by atoms with Crippen molar-refractivity contribution < 1.29 is 9.18 Å². The SMILES string of the molecule is N#Cc1ccc(CN(CC(=O)N2CCN(c3ccccn3)CC2)Cc2cccc(F)c2)cc1. The van der Waals surface area contributed by atoms with Crippen molar-refractivity contribution in [1.29, 1.82) is 5.26 Å². The van der Waals surface area contributed by atoms with Gasteiger partial charge in [0.1, 0.15) is 11.6 Å². The van der Waals surface area contributed by atoms with E-state index >= 15 is 0 Å². The van der Waals surface area contributed by atoms with E-state index in [9.17, 15) is 9.18 Å². The lowest BCUT2D eigenvalue weighted by Gasteiger charge is -2.36. The van der Waals surface area contributed by atoms with E-state index in [0.717, 1.165) is 30.0 Å². The highest BCUT2D eigenvalue weighted by Gasteiger charge is 2.23. The van der Waals surface area contributed by atoms with Gasteiger partial charge in [0.05, 0.1) is 18.2 Å². The number of pyridine rings is 1. The van der Waals surface area contributed by atoms with E-state index in [1.165, 1.54) is 12.1 Å². The average molecular weight is 444 g/mol. The van der Waals surface area contributed by atoms with Gasteiger partial charge in [-0.15, -0.1) is 0 Å². The molecule has 6 nitrogen and oxygen atoms in total. The maximum Gasteiger partial charge on any atom is 0.236 e. The minimum Gasteiger partial charge on any atom is -0.353 e. The molecule has 0 saturated carbocycles. The number of rotatable bonds is 7. The predicted molar refractivity (Wildman–Crippen MR) is 125 cm³/mol. The molecule has 0 radical (unpaired) electrons. The molecule has 0 bridgehead atoms. The fourth-order valence-corrected chi connectivity index (χ4v) is 4.02. The van der Waals surface area contributed by atoms with Crippen molar-refractivity contribution >= 4 is 11.7 Å². The molecule has 4 rings (SSSR count). The molecule has 1 aliphatic rings. The monoisotopic (exact) mass is 443 g/mol. The highest BCUT2D eigenvalue weighted by Crippen LogP contribution is 2.15. The molecule has 1 saturated heterocycles. The van der Waals surface area contributed by atoms with Crippen molar-refractivity contribution in [2.45, 2.75) is 13.1 Å². The minimum atomic E-state index is -0.289. The third-order valence-electron chi connectivity index (χ3n) is 5.75. The number of carbonyl (C=O) groups excluding carboxylic acids is 1. The molecule has 168 valence electrons. The molecule has 0 N–H and O–H groups in total. The van der Waals surface area contributed by atoms with Crippen molar-refractivity contribution in [3.05, 3.63) is 95.4 Å². The molecule has 0 aliphatic carbocycles. The smallest absolute Gasteiger partial charge is 0.236 e. The Kier molecular flexibility index (Phi) is 7.28. The largest absolute Gasteiger partial charge is 0.353 e. The summed E-state index contributed by atoms with van der Waals surface area (Å²) in [5, 5.41) is 9.03. The summed E-state index contributed by atoms with van der Waals surface area (Å²) < 4.78 is 13.7. The number of amides is 1. The lowest BCUT2D eigenvalue weighted by molar-refractivity contribution is -0.133. The summed E-state index contributed by atoms with van der Waals surface area (Å²) in [4.78, 5) is 23.6. The Bertz CT molecular complexity index is 1110. The van der Waals surface area contributed by atoms with Gasteiger partial charge in [0.25, 0.3) is 0 Å². The first-order valence-electron chi connectivity index (χ1n) is 11.0. The third kappa shape index (κ3) is 6.15. The lowest BCUT2D eigenvalue weighted by atomic mass is 10.1. The number of hydrogen-bond acceptors (Lipinski definition) is 5. The number of aromatic nitrogens is 1. The second-order valence-corrected chi connectivity index (χ2v) is 8.14. The number of nitriles is 1. The van der Waals surface area contributed by atoms with Crippen LogP contribution in [0.15, 0.2) is 72.9 Å². The second kappa shape index (κ2) is 10.7. The molecule has 7 heteroatoms. The van der Waals surface area contributed by atoms with Crippen LogP contribution in [0, 0.1) is 17.1 Å². The maximum atomic E-state index is 13.7. The number of carbonyl (C=O) groups is 1. The molecule has 1 fully saturated rings. The first kappa shape index (κ1) is 22.4. The Labute approximate surface area is 193 Å². The van der Waals surface area contributed by atoms with Crippen LogP contribution in [0.2, 0.25) is 0 Å². The number of hydrogen-bond donors (Lipinski definition) is 0. The molecule has 3 aromatic rings. The van der Waals surface area contributed by atoms with Crippen LogP contribution >= 0.6 is 0 Å². The maximum absolute atomic E-state index is 13.7. The van der Waals surface area contributed by atoms with Crippen LogP contribution in [0.25, 0.3) is 0 Å². The van der Waals surface area contributed by atoms with E-state index in [2.05, 4.69) is 16.0 Å². The quantitative estimate of drug-likeness (QED) is 0.560. The molecule has 0 unspecified atom stereocenters. The predicted octanol–water partition coefficient (Wildman–Crippen LogP) is 3.44. The Morgan fingerprint density at radius 1 is 0.970 bits per heavy atom. The highest BCUT2D eigenvalue weighted by atomic mass is 19.1. The first-order chi connectivity index (χ1) is 16.1. The summed E-state index contributed by atoms with van der Waals surface area (Å²) in [5.41, 5.74) is 2.41. The van der Waals surface area contributed by atoms with Crippen LogP contribution in [-0.4, -0.2) is 53.4 Å². The van der Waals surface area contributed by atoms with Crippen molar-refractivity contribution in [1.82, 2.24) is 14.8 Å².